The average molecular weight is 676 g/mol. The van der Waals surface area contributed by atoms with Gasteiger partial charge in [-0.2, -0.15) is 0 Å². The molecule has 0 radical (unpaired) electrons. The van der Waals surface area contributed by atoms with E-state index in [2.05, 4.69) is 15.9 Å². The Balaban J connectivity index is 1.56. The lowest BCUT2D eigenvalue weighted by molar-refractivity contribution is -0.120. The lowest BCUT2D eigenvalue weighted by Crippen LogP contribution is -2.56. The lowest BCUT2D eigenvalue weighted by atomic mass is 10.0. The quantitative estimate of drug-likeness (QED) is 0.107. The van der Waals surface area contributed by atoms with Crippen molar-refractivity contribution in [2.24, 2.45) is 0 Å². The van der Waals surface area contributed by atoms with Crippen LogP contribution < -0.4 is 19.3 Å². The number of anilines is 2. The van der Waals surface area contributed by atoms with Gasteiger partial charge in [0.15, 0.2) is 16.6 Å². The smallest absolute Gasteiger partial charge is 0.270 e. The third kappa shape index (κ3) is 6.67. The number of aryl methyl sites for hydroxylation is 2. The number of rotatable bonds is 8. The van der Waals surface area contributed by atoms with Gasteiger partial charge in [0.05, 0.1) is 22.5 Å². The van der Waals surface area contributed by atoms with Crippen molar-refractivity contribution in [2.45, 2.75) is 27.4 Å². The number of hydrogen-bond acceptors (Lipinski definition) is 5. The summed E-state index contributed by atoms with van der Waals surface area (Å²) in [5, 5.41) is 0.730. The van der Waals surface area contributed by atoms with E-state index < -0.39 is 11.8 Å². The molecular formula is C34H28BrClN2O4S. The van der Waals surface area contributed by atoms with E-state index in [-0.39, 0.29) is 10.7 Å². The molecule has 1 aliphatic rings. The molecule has 0 saturated carbocycles. The first-order valence-corrected chi connectivity index (χ1v) is 15.2. The van der Waals surface area contributed by atoms with Gasteiger partial charge in [-0.05, 0) is 115 Å². The van der Waals surface area contributed by atoms with Gasteiger partial charge in [-0.1, -0.05) is 59.1 Å². The van der Waals surface area contributed by atoms with Crippen LogP contribution in [0.15, 0.2) is 95.0 Å². The van der Waals surface area contributed by atoms with Crippen molar-refractivity contribution in [1.82, 2.24) is 0 Å². The van der Waals surface area contributed by atoms with Gasteiger partial charge in [0.1, 0.15) is 12.2 Å². The fourth-order valence-electron chi connectivity index (χ4n) is 4.55. The normalized spacial score (nSPS) is 13.4. The molecule has 0 spiro atoms. The molecule has 4 aromatic carbocycles. The Morgan fingerprint density at radius 1 is 0.814 bits per heavy atom. The van der Waals surface area contributed by atoms with E-state index in [1.54, 1.807) is 30.3 Å². The van der Waals surface area contributed by atoms with Crippen LogP contribution >= 0.6 is 39.7 Å². The fourth-order valence-corrected chi connectivity index (χ4v) is 5.63. The average Bonchev–Trinajstić information content (AvgIpc) is 2.98. The topological polar surface area (TPSA) is 59.1 Å². The second-order valence-corrected chi connectivity index (χ2v) is 11.6. The molecule has 0 bridgehead atoms. The second-order valence-electron chi connectivity index (χ2n) is 9.97. The number of nitrogens with zero attached hydrogens (tertiary/aromatic N) is 2. The maximum Gasteiger partial charge on any atom is 0.270 e. The van der Waals surface area contributed by atoms with Gasteiger partial charge in [-0.15, -0.1) is 0 Å². The number of hydrogen-bond donors (Lipinski definition) is 0. The first-order valence-electron chi connectivity index (χ1n) is 13.6. The fraction of sp³-hybridized carbons (Fsp3) is 0.147. The maximum absolute atomic E-state index is 14.0. The molecule has 1 aliphatic heterocycles. The van der Waals surface area contributed by atoms with E-state index in [0.29, 0.717) is 51.1 Å². The van der Waals surface area contributed by atoms with Crippen molar-refractivity contribution in [3.05, 3.63) is 122 Å². The molecule has 6 nitrogen and oxygen atoms in total. The summed E-state index contributed by atoms with van der Waals surface area (Å²) in [6.07, 6.45) is 1.56. The van der Waals surface area contributed by atoms with E-state index in [9.17, 15) is 9.59 Å². The molecule has 218 valence electrons. The number of halogens is 2. The van der Waals surface area contributed by atoms with Crippen molar-refractivity contribution in [3.63, 3.8) is 0 Å². The largest absolute Gasteiger partial charge is 0.490 e. The highest BCUT2D eigenvalue weighted by Crippen LogP contribution is 2.39. The van der Waals surface area contributed by atoms with Gasteiger partial charge < -0.3 is 9.47 Å². The van der Waals surface area contributed by atoms with Gasteiger partial charge in [-0.25, -0.2) is 0 Å². The monoisotopic (exact) mass is 674 g/mol. The minimum Gasteiger partial charge on any atom is -0.490 e. The molecule has 0 unspecified atom stereocenters. The molecule has 0 N–H and O–H groups in total. The summed E-state index contributed by atoms with van der Waals surface area (Å²) < 4.78 is 12.6. The summed E-state index contributed by atoms with van der Waals surface area (Å²) in [6.45, 7) is 6.48. The third-order valence-corrected chi connectivity index (χ3v) is 7.98. The zero-order valence-corrected chi connectivity index (χ0v) is 26.9. The highest BCUT2D eigenvalue weighted by atomic mass is 79.9. The summed E-state index contributed by atoms with van der Waals surface area (Å²) in [4.78, 5) is 30.7. The molecular weight excluding hydrogens is 648 g/mol. The van der Waals surface area contributed by atoms with Gasteiger partial charge >= 0.3 is 0 Å². The highest BCUT2D eigenvalue weighted by Gasteiger charge is 2.41. The summed E-state index contributed by atoms with van der Waals surface area (Å²) in [5.74, 6) is -0.0580. The van der Waals surface area contributed by atoms with E-state index in [0.717, 1.165) is 16.7 Å². The molecule has 1 heterocycles. The van der Waals surface area contributed by atoms with Crippen LogP contribution in [0.1, 0.15) is 29.2 Å². The molecule has 9 heteroatoms. The minimum absolute atomic E-state index is 0.0427. The predicted octanol–water partition coefficient (Wildman–Crippen LogP) is 8.45. The molecule has 0 atom stereocenters. The molecule has 43 heavy (non-hydrogen) atoms. The standard InChI is InChI=1S/C34H28BrClN2O4S/c1-4-41-30-19-24(18-29(35)31(30)42-20-23-9-11-25(36)12-10-23)17-28-32(39)37(26-13-5-21(2)6-14-26)34(43)38(33(28)40)27-15-7-22(3)8-16-27/h5-19H,4,20H2,1-3H3. The Hall–Kier alpha value is -3.98. The molecule has 2 amide bonds. The summed E-state index contributed by atoms with van der Waals surface area (Å²) in [7, 11) is 0. The summed E-state index contributed by atoms with van der Waals surface area (Å²) >= 11 is 15.4. The van der Waals surface area contributed by atoms with E-state index >= 15 is 0 Å². The van der Waals surface area contributed by atoms with E-state index in [1.807, 2.05) is 81.4 Å². The Labute approximate surface area is 269 Å². The van der Waals surface area contributed by atoms with Crippen molar-refractivity contribution < 1.29 is 19.1 Å². The molecule has 1 saturated heterocycles. The van der Waals surface area contributed by atoms with Gasteiger partial charge in [0, 0.05) is 5.02 Å². The van der Waals surface area contributed by atoms with Crippen LogP contribution in [0.2, 0.25) is 5.02 Å². The Morgan fingerprint density at radius 2 is 1.35 bits per heavy atom. The highest BCUT2D eigenvalue weighted by molar-refractivity contribution is 9.10. The molecule has 0 aromatic heterocycles. The van der Waals surface area contributed by atoms with E-state index in [1.165, 1.54) is 9.80 Å². The number of thiocarbonyl (C=S) groups is 1. The number of ether oxygens (including phenoxy) is 2. The molecule has 0 aliphatic carbocycles. The van der Waals surface area contributed by atoms with Crippen molar-refractivity contribution in [2.75, 3.05) is 16.4 Å². The summed E-state index contributed by atoms with van der Waals surface area (Å²) in [5.41, 5.74) is 4.68. The number of carbonyl (C=O) groups is 2. The van der Waals surface area contributed by atoms with E-state index in [4.69, 9.17) is 33.3 Å². The Kier molecular flexibility index (Phi) is 9.30. The van der Waals surface area contributed by atoms with Gasteiger partial charge in [0.2, 0.25) is 0 Å². The molecule has 5 rings (SSSR count). The van der Waals surface area contributed by atoms with Crippen molar-refractivity contribution >= 4 is 74.1 Å². The van der Waals surface area contributed by atoms with Crippen LogP contribution in [0.4, 0.5) is 11.4 Å². The second kappa shape index (κ2) is 13.1. The summed E-state index contributed by atoms with van der Waals surface area (Å²) in [6, 6.07) is 25.8. The zero-order chi connectivity index (χ0) is 30.7. The van der Waals surface area contributed by atoms with Gasteiger partial charge in [0.25, 0.3) is 11.8 Å². The van der Waals surface area contributed by atoms with Crippen LogP contribution in [0.25, 0.3) is 6.08 Å². The van der Waals surface area contributed by atoms with Crippen molar-refractivity contribution in [3.8, 4) is 11.5 Å². The zero-order valence-electron chi connectivity index (χ0n) is 23.8. The van der Waals surface area contributed by atoms with Crippen molar-refractivity contribution in [1.29, 1.82) is 0 Å². The number of benzene rings is 4. The van der Waals surface area contributed by atoms with Crippen LogP contribution in [-0.2, 0) is 16.2 Å². The van der Waals surface area contributed by atoms with Crippen LogP contribution in [0.3, 0.4) is 0 Å². The Bertz CT molecular complexity index is 1650. The first kappa shape index (κ1) is 30.5. The van der Waals surface area contributed by atoms with Crippen LogP contribution in [0.5, 0.6) is 11.5 Å². The minimum atomic E-state index is -0.514. The molecule has 1 fully saturated rings. The first-order chi connectivity index (χ1) is 20.7. The van der Waals surface area contributed by atoms with Crippen LogP contribution in [-0.4, -0.2) is 23.5 Å². The number of amides is 2. The Morgan fingerprint density at radius 3 is 1.86 bits per heavy atom. The third-order valence-electron chi connectivity index (χ3n) is 6.77. The molecule has 4 aromatic rings. The SMILES string of the molecule is CCOc1cc(C=C2C(=O)N(c3ccc(C)cc3)C(=S)N(c3ccc(C)cc3)C2=O)cc(Br)c1OCc1ccc(Cl)cc1. The maximum atomic E-state index is 14.0. The lowest BCUT2D eigenvalue weighted by Gasteiger charge is -2.36. The predicted molar refractivity (Wildman–Crippen MR) is 179 cm³/mol. The van der Waals surface area contributed by atoms with Crippen LogP contribution in [0, 0.1) is 13.8 Å². The van der Waals surface area contributed by atoms with Gasteiger partial charge in [-0.3, -0.25) is 19.4 Å². The number of carbonyl (C=O) groups excluding carboxylic acids is 2.